The van der Waals surface area contributed by atoms with E-state index >= 15 is 0 Å². The normalized spacial score (nSPS) is 11.4. The zero-order valence-corrected chi connectivity index (χ0v) is 27.3. The molecule has 0 saturated heterocycles. The predicted octanol–water partition coefficient (Wildman–Crippen LogP) is 12.6. The molecule has 0 radical (unpaired) electrons. The van der Waals surface area contributed by atoms with Gasteiger partial charge in [0.25, 0.3) is 0 Å². The molecule has 0 bridgehead atoms. The van der Waals surface area contributed by atoms with E-state index in [4.69, 9.17) is 4.98 Å². The molecule has 0 aliphatic heterocycles. The Morgan fingerprint density at radius 1 is 0.429 bits per heavy atom. The average Bonchev–Trinajstić information content (AvgIpc) is 3.56. The van der Waals surface area contributed by atoms with Crippen molar-refractivity contribution in [2.45, 2.75) is 13.3 Å². The van der Waals surface area contributed by atoms with E-state index in [-0.39, 0.29) is 0 Å². The fourth-order valence-corrected chi connectivity index (χ4v) is 7.54. The minimum Gasteiger partial charge on any atom is -0.296 e. The average molecular weight is 627 g/mol. The van der Waals surface area contributed by atoms with Crippen molar-refractivity contribution in [2.24, 2.45) is 0 Å². The first-order valence-corrected chi connectivity index (χ1v) is 17.0. The van der Waals surface area contributed by atoms with Gasteiger partial charge < -0.3 is 0 Å². The van der Waals surface area contributed by atoms with Gasteiger partial charge in [0.05, 0.1) is 11.0 Å². The maximum Gasteiger partial charge on any atom is 0.114 e. The van der Waals surface area contributed by atoms with Gasteiger partial charge in [0.2, 0.25) is 0 Å². The minimum atomic E-state index is 0.861. The third-order valence-corrected chi connectivity index (χ3v) is 9.77. The molecule has 49 heavy (non-hydrogen) atoms. The Morgan fingerprint density at radius 2 is 1.00 bits per heavy atom. The van der Waals surface area contributed by atoms with Gasteiger partial charge in [-0.1, -0.05) is 153 Å². The van der Waals surface area contributed by atoms with Crippen molar-refractivity contribution in [3.8, 4) is 50.2 Å². The molecule has 2 nitrogen and oxygen atoms in total. The molecule has 9 rings (SSSR count). The second-order valence-corrected chi connectivity index (χ2v) is 12.6. The molecule has 0 N–H and O–H groups in total. The standard InChI is InChI=1S/C47H34N2/c1-2-45-48-43-23-13-14-24-44(43)49(45)36-28-25-34(26-29-36)46-39-21-11-12-22-40(39)47(38-20-10-9-19-37(38)33-17-7-4-8-18-33)41-30-27-35(31-42(41)46)32-15-5-3-6-16-32/h3-31H,2H2,1H3. The van der Waals surface area contributed by atoms with Crippen molar-refractivity contribution < 1.29 is 0 Å². The topological polar surface area (TPSA) is 17.8 Å². The molecule has 0 unspecified atom stereocenters. The highest BCUT2D eigenvalue weighted by Gasteiger charge is 2.20. The lowest BCUT2D eigenvalue weighted by molar-refractivity contribution is 0.908. The van der Waals surface area contributed by atoms with Crippen LogP contribution in [0.3, 0.4) is 0 Å². The number of hydrogen-bond donors (Lipinski definition) is 0. The smallest absolute Gasteiger partial charge is 0.114 e. The van der Waals surface area contributed by atoms with Gasteiger partial charge in [-0.2, -0.15) is 0 Å². The first kappa shape index (κ1) is 28.9. The van der Waals surface area contributed by atoms with E-state index in [1.54, 1.807) is 0 Å². The molecule has 0 saturated carbocycles. The number of rotatable bonds is 6. The number of nitrogens with zero attached hydrogens (tertiary/aromatic N) is 2. The van der Waals surface area contributed by atoms with Crippen LogP contribution in [0.4, 0.5) is 0 Å². The maximum absolute atomic E-state index is 4.94. The second kappa shape index (κ2) is 12.1. The first-order chi connectivity index (χ1) is 24.3. The van der Waals surface area contributed by atoms with Crippen LogP contribution >= 0.6 is 0 Å². The molecule has 0 aliphatic carbocycles. The number of aryl methyl sites for hydroxylation is 1. The Kier molecular flexibility index (Phi) is 7.13. The quantitative estimate of drug-likeness (QED) is 0.168. The summed E-state index contributed by atoms with van der Waals surface area (Å²) in [7, 11) is 0. The number of imidazole rings is 1. The third kappa shape index (κ3) is 4.92. The lowest BCUT2D eigenvalue weighted by Crippen LogP contribution is -2.00. The Labute approximate surface area is 286 Å². The molecule has 9 aromatic rings. The van der Waals surface area contributed by atoms with Crippen LogP contribution in [-0.2, 0) is 6.42 Å². The molecular weight excluding hydrogens is 593 g/mol. The molecule has 0 fully saturated rings. The second-order valence-electron chi connectivity index (χ2n) is 12.6. The highest BCUT2D eigenvalue weighted by atomic mass is 15.1. The molecule has 0 amide bonds. The predicted molar refractivity (Wildman–Crippen MR) is 207 cm³/mol. The molecule has 0 atom stereocenters. The molecule has 0 aliphatic rings. The van der Waals surface area contributed by atoms with Gasteiger partial charge in [0.1, 0.15) is 5.82 Å². The van der Waals surface area contributed by atoms with E-state index in [1.807, 2.05) is 0 Å². The van der Waals surface area contributed by atoms with Gasteiger partial charge in [-0.3, -0.25) is 4.57 Å². The van der Waals surface area contributed by atoms with Gasteiger partial charge in [-0.15, -0.1) is 0 Å². The fraction of sp³-hybridized carbons (Fsp3) is 0.0426. The minimum absolute atomic E-state index is 0.861. The molecular formula is C47H34N2. The van der Waals surface area contributed by atoms with Crippen LogP contribution in [0.2, 0.25) is 0 Å². The van der Waals surface area contributed by atoms with Crippen molar-refractivity contribution in [2.75, 3.05) is 0 Å². The summed E-state index contributed by atoms with van der Waals surface area (Å²) in [6, 6.07) is 63.7. The lowest BCUT2D eigenvalue weighted by atomic mass is 9.83. The van der Waals surface area contributed by atoms with E-state index in [9.17, 15) is 0 Å². The summed E-state index contributed by atoms with van der Waals surface area (Å²) in [4.78, 5) is 4.94. The van der Waals surface area contributed by atoms with Crippen molar-refractivity contribution in [1.29, 1.82) is 0 Å². The Morgan fingerprint density at radius 3 is 1.73 bits per heavy atom. The van der Waals surface area contributed by atoms with E-state index in [1.165, 1.54) is 66.1 Å². The van der Waals surface area contributed by atoms with E-state index in [0.29, 0.717) is 0 Å². The third-order valence-electron chi connectivity index (χ3n) is 9.77. The molecule has 232 valence electrons. The largest absolute Gasteiger partial charge is 0.296 e. The number of aromatic nitrogens is 2. The monoisotopic (exact) mass is 626 g/mol. The summed E-state index contributed by atoms with van der Waals surface area (Å²) in [6.07, 6.45) is 0.861. The zero-order chi connectivity index (χ0) is 32.7. The highest BCUT2D eigenvalue weighted by Crippen LogP contribution is 2.47. The Balaban J connectivity index is 1.33. The van der Waals surface area contributed by atoms with Crippen molar-refractivity contribution in [1.82, 2.24) is 9.55 Å². The first-order valence-electron chi connectivity index (χ1n) is 17.0. The van der Waals surface area contributed by atoms with Crippen LogP contribution < -0.4 is 0 Å². The maximum atomic E-state index is 4.94. The van der Waals surface area contributed by atoms with Crippen molar-refractivity contribution >= 4 is 32.6 Å². The molecule has 0 spiro atoms. The highest BCUT2D eigenvalue weighted by molar-refractivity contribution is 6.23. The lowest BCUT2D eigenvalue weighted by Gasteiger charge is -2.20. The Bertz CT molecular complexity index is 2610. The van der Waals surface area contributed by atoms with Gasteiger partial charge >= 0.3 is 0 Å². The fourth-order valence-electron chi connectivity index (χ4n) is 7.54. The number of hydrogen-bond acceptors (Lipinski definition) is 1. The molecule has 2 heteroatoms. The summed E-state index contributed by atoms with van der Waals surface area (Å²) in [5.41, 5.74) is 13.1. The number of para-hydroxylation sites is 2. The van der Waals surface area contributed by atoms with Crippen molar-refractivity contribution in [3.63, 3.8) is 0 Å². The molecule has 1 aromatic heterocycles. The summed E-state index contributed by atoms with van der Waals surface area (Å²) < 4.78 is 2.30. The van der Waals surface area contributed by atoms with Gasteiger partial charge in [-0.05, 0) is 96.4 Å². The Hall–Kier alpha value is -6.25. The summed E-state index contributed by atoms with van der Waals surface area (Å²) in [6.45, 7) is 2.17. The van der Waals surface area contributed by atoms with Crippen LogP contribution in [-0.4, -0.2) is 9.55 Å². The van der Waals surface area contributed by atoms with Gasteiger partial charge in [-0.25, -0.2) is 4.98 Å². The van der Waals surface area contributed by atoms with Crippen LogP contribution in [0.5, 0.6) is 0 Å². The number of benzene rings is 8. The summed E-state index contributed by atoms with van der Waals surface area (Å²) in [5.74, 6) is 1.07. The number of fused-ring (bicyclic) bond motifs is 3. The van der Waals surface area contributed by atoms with Crippen LogP contribution in [0, 0.1) is 0 Å². The van der Waals surface area contributed by atoms with Crippen LogP contribution in [0.1, 0.15) is 12.7 Å². The van der Waals surface area contributed by atoms with Crippen LogP contribution in [0.25, 0.3) is 82.8 Å². The van der Waals surface area contributed by atoms with E-state index in [0.717, 1.165) is 29.0 Å². The van der Waals surface area contributed by atoms with E-state index in [2.05, 4.69) is 187 Å². The summed E-state index contributed by atoms with van der Waals surface area (Å²) >= 11 is 0. The van der Waals surface area contributed by atoms with Gasteiger partial charge in [0, 0.05) is 12.1 Å². The molecule has 8 aromatic carbocycles. The summed E-state index contributed by atoms with van der Waals surface area (Å²) in [5, 5.41) is 4.98. The molecule has 1 heterocycles. The van der Waals surface area contributed by atoms with Crippen molar-refractivity contribution in [3.05, 3.63) is 182 Å². The van der Waals surface area contributed by atoms with E-state index < -0.39 is 0 Å². The van der Waals surface area contributed by atoms with Gasteiger partial charge in [0.15, 0.2) is 0 Å². The SMILES string of the molecule is CCc1nc2ccccc2n1-c1ccc(-c2c3ccccc3c(-c3ccccc3-c3ccccc3)c3ccc(-c4ccccc4)cc23)cc1. The zero-order valence-electron chi connectivity index (χ0n) is 27.3. The van der Waals surface area contributed by atoms with Crippen LogP contribution in [0.15, 0.2) is 176 Å².